The maximum atomic E-state index is 13.1. The van der Waals surface area contributed by atoms with Gasteiger partial charge in [-0.1, -0.05) is 41.4 Å². The molecule has 1 heterocycles. The number of hydrogen-bond acceptors (Lipinski definition) is 5. The molecule has 0 aliphatic heterocycles. The van der Waals surface area contributed by atoms with E-state index in [2.05, 4.69) is 15.6 Å². The van der Waals surface area contributed by atoms with E-state index in [9.17, 15) is 27.9 Å². The maximum Gasteiger partial charge on any atom is 0.416 e. The van der Waals surface area contributed by atoms with Crippen LogP contribution >= 0.6 is 34.5 Å². The standard InChI is InChI=1S/C19H12Cl2F3N3O3S/c20-12-5-10(6-13(21)15(12)28)16(29)27-18-14(26-8-31-18)17(30)25-7-9-3-1-2-4-11(9)19(22,23)24/h1-6,8,28H,7H2,(H,25,30)(H,27,29). The Morgan fingerprint density at radius 3 is 2.39 bits per heavy atom. The second-order valence-electron chi connectivity index (χ2n) is 6.11. The number of phenolic OH excluding ortho intramolecular Hbond substituents is 1. The van der Waals surface area contributed by atoms with Crippen molar-refractivity contribution in [1.29, 1.82) is 0 Å². The lowest BCUT2D eigenvalue weighted by Gasteiger charge is -2.13. The fourth-order valence-electron chi connectivity index (χ4n) is 2.58. The van der Waals surface area contributed by atoms with Crippen LogP contribution in [0.25, 0.3) is 0 Å². The van der Waals surface area contributed by atoms with Gasteiger partial charge >= 0.3 is 6.18 Å². The van der Waals surface area contributed by atoms with E-state index in [4.69, 9.17) is 23.2 Å². The first-order valence-corrected chi connectivity index (χ1v) is 10.1. The lowest BCUT2D eigenvalue weighted by Crippen LogP contribution is -2.26. The fourth-order valence-corrected chi connectivity index (χ4v) is 3.74. The maximum absolute atomic E-state index is 13.1. The van der Waals surface area contributed by atoms with E-state index in [1.54, 1.807) is 0 Å². The van der Waals surface area contributed by atoms with Gasteiger partial charge in [-0.15, -0.1) is 11.3 Å². The predicted octanol–water partition coefficient (Wildman–Crippen LogP) is 5.36. The van der Waals surface area contributed by atoms with Crippen LogP contribution < -0.4 is 10.6 Å². The summed E-state index contributed by atoms with van der Waals surface area (Å²) < 4.78 is 39.3. The second-order valence-corrected chi connectivity index (χ2v) is 7.78. The van der Waals surface area contributed by atoms with Crippen LogP contribution in [0.15, 0.2) is 41.9 Å². The number of nitrogens with zero attached hydrogens (tertiary/aromatic N) is 1. The molecule has 0 saturated heterocycles. The highest BCUT2D eigenvalue weighted by Crippen LogP contribution is 2.34. The van der Waals surface area contributed by atoms with Gasteiger partial charge in [0, 0.05) is 12.1 Å². The summed E-state index contributed by atoms with van der Waals surface area (Å²) in [6.07, 6.45) is -4.56. The van der Waals surface area contributed by atoms with Crippen molar-refractivity contribution in [2.75, 3.05) is 5.32 Å². The number of rotatable bonds is 5. The van der Waals surface area contributed by atoms with E-state index in [0.29, 0.717) is 0 Å². The van der Waals surface area contributed by atoms with Crippen LogP contribution in [0.1, 0.15) is 32.0 Å². The van der Waals surface area contributed by atoms with E-state index in [-0.39, 0.29) is 44.2 Å². The molecule has 0 radical (unpaired) electrons. The Bertz CT molecular complexity index is 1130. The van der Waals surface area contributed by atoms with Crippen LogP contribution in [0.3, 0.4) is 0 Å². The van der Waals surface area contributed by atoms with E-state index < -0.39 is 23.6 Å². The predicted molar refractivity (Wildman–Crippen MR) is 111 cm³/mol. The van der Waals surface area contributed by atoms with Gasteiger partial charge in [0.1, 0.15) is 5.00 Å². The Kier molecular flexibility index (Phi) is 6.73. The lowest BCUT2D eigenvalue weighted by molar-refractivity contribution is -0.138. The van der Waals surface area contributed by atoms with E-state index in [1.165, 1.54) is 35.8 Å². The molecule has 0 aliphatic rings. The van der Waals surface area contributed by atoms with Crippen molar-refractivity contribution in [2.24, 2.45) is 0 Å². The highest BCUT2D eigenvalue weighted by Gasteiger charge is 2.33. The van der Waals surface area contributed by atoms with Gasteiger partial charge in [-0.05, 0) is 23.8 Å². The lowest BCUT2D eigenvalue weighted by atomic mass is 10.1. The summed E-state index contributed by atoms with van der Waals surface area (Å²) in [6, 6.07) is 7.23. The minimum atomic E-state index is -4.56. The van der Waals surface area contributed by atoms with Gasteiger partial charge in [-0.2, -0.15) is 13.2 Å². The number of hydrogen-bond donors (Lipinski definition) is 3. The van der Waals surface area contributed by atoms with Gasteiger partial charge in [0.15, 0.2) is 11.4 Å². The molecule has 3 N–H and O–H groups in total. The number of amides is 2. The smallest absolute Gasteiger partial charge is 0.416 e. The Morgan fingerprint density at radius 1 is 1.10 bits per heavy atom. The molecule has 0 saturated carbocycles. The van der Waals surface area contributed by atoms with Crippen molar-refractivity contribution in [3.8, 4) is 5.75 Å². The number of phenols is 1. The molecular weight excluding hydrogens is 478 g/mol. The monoisotopic (exact) mass is 489 g/mol. The largest absolute Gasteiger partial charge is 0.505 e. The second kappa shape index (κ2) is 9.13. The average molecular weight is 490 g/mol. The highest BCUT2D eigenvalue weighted by molar-refractivity contribution is 7.14. The van der Waals surface area contributed by atoms with Crippen LogP contribution in [0.2, 0.25) is 10.0 Å². The number of aromatic nitrogens is 1. The molecule has 2 aromatic carbocycles. The van der Waals surface area contributed by atoms with Gasteiger partial charge in [0.05, 0.1) is 21.1 Å². The summed E-state index contributed by atoms with van der Waals surface area (Å²) >= 11 is 12.5. The van der Waals surface area contributed by atoms with Gasteiger partial charge in [-0.3, -0.25) is 9.59 Å². The van der Waals surface area contributed by atoms with Gasteiger partial charge < -0.3 is 15.7 Å². The third kappa shape index (κ3) is 5.27. The number of benzene rings is 2. The number of aromatic hydroxyl groups is 1. The molecule has 2 amide bonds. The average Bonchev–Trinajstić information content (AvgIpc) is 3.17. The fraction of sp³-hybridized carbons (Fsp3) is 0.105. The van der Waals surface area contributed by atoms with Crippen molar-refractivity contribution in [3.63, 3.8) is 0 Å². The number of anilines is 1. The third-order valence-corrected chi connectivity index (χ3v) is 5.37. The first kappa shape index (κ1) is 22.9. The summed E-state index contributed by atoms with van der Waals surface area (Å²) in [5.74, 6) is -1.82. The zero-order valence-electron chi connectivity index (χ0n) is 15.3. The van der Waals surface area contributed by atoms with Gasteiger partial charge in [0.25, 0.3) is 11.8 Å². The molecule has 3 rings (SSSR count). The zero-order valence-corrected chi connectivity index (χ0v) is 17.6. The molecule has 0 atom stereocenters. The Balaban J connectivity index is 1.73. The SMILES string of the molecule is O=C(Nc1scnc1C(=O)NCc1ccccc1C(F)(F)F)c1cc(Cl)c(O)c(Cl)c1. The number of alkyl halides is 3. The minimum absolute atomic E-state index is 0.0201. The molecule has 1 aromatic heterocycles. The first-order valence-electron chi connectivity index (χ1n) is 8.44. The van der Waals surface area contributed by atoms with Crippen molar-refractivity contribution < 1.29 is 27.9 Å². The van der Waals surface area contributed by atoms with Crippen molar-refractivity contribution in [3.05, 3.63) is 74.3 Å². The molecule has 0 unspecified atom stereocenters. The molecule has 0 aliphatic carbocycles. The van der Waals surface area contributed by atoms with Crippen LogP contribution in [0.5, 0.6) is 5.75 Å². The summed E-state index contributed by atoms with van der Waals surface area (Å²) in [7, 11) is 0. The summed E-state index contributed by atoms with van der Waals surface area (Å²) in [5.41, 5.74) is 0.177. The molecule has 0 spiro atoms. The normalized spacial score (nSPS) is 11.3. The van der Waals surface area contributed by atoms with Crippen LogP contribution in [0.4, 0.5) is 18.2 Å². The number of thiazole rings is 1. The van der Waals surface area contributed by atoms with Gasteiger partial charge in [-0.25, -0.2) is 4.98 Å². The molecule has 3 aromatic rings. The van der Waals surface area contributed by atoms with Crippen molar-refractivity contribution in [2.45, 2.75) is 12.7 Å². The first-order chi connectivity index (χ1) is 14.6. The Morgan fingerprint density at radius 2 is 1.74 bits per heavy atom. The quantitative estimate of drug-likeness (QED) is 0.450. The minimum Gasteiger partial charge on any atom is -0.505 e. The molecule has 12 heteroatoms. The number of carbonyl (C=O) groups excluding carboxylic acids is 2. The van der Waals surface area contributed by atoms with Crippen molar-refractivity contribution in [1.82, 2.24) is 10.3 Å². The third-order valence-electron chi connectivity index (χ3n) is 4.05. The van der Waals surface area contributed by atoms with Crippen LogP contribution in [-0.2, 0) is 12.7 Å². The van der Waals surface area contributed by atoms with Gasteiger partial charge in [0.2, 0.25) is 0 Å². The topological polar surface area (TPSA) is 91.3 Å². The zero-order chi connectivity index (χ0) is 22.8. The summed E-state index contributed by atoms with van der Waals surface area (Å²) in [5, 5.41) is 14.2. The Hall–Kier alpha value is -2.82. The molecule has 31 heavy (non-hydrogen) atoms. The van der Waals surface area contributed by atoms with Crippen molar-refractivity contribution >= 4 is 51.4 Å². The Labute approximate surface area is 187 Å². The van der Waals surface area contributed by atoms with Crippen LogP contribution in [-0.4, -0.2) is 21.9 Å². The molecule has 6 nitrogen and oxygen atoms in total. The molecular formula is C19H12Cl2F3N3O3S. The molecule has 162 valence electrons. The highest BCUT2D eigenvalue weighted by atomic mass is 35.5. The molecule has 0 fully saturated rings. The summed E-state index contributed by atoms with van der Waals surface area (Å²) in [4.78, 5) is 28.8. The van der Waals surface area contributed by atoms with E-state index in [1.807, 2.05) is 0 Å². The summed E-state index contributed by atoms with van der Waals surface area (Å²) in [6.45, 7) is -0.386. The van der Waals surface area contributed by atoms with E-state index >= 15 is 0 Å². The van der Waals surface area contributed by atoms with Crippen LogP contribution in [0, 0.1) is 0 Å². The number of halogens is 5. The number of carbonyl (C=O) groups is 2. The molecule has 0 bridgehead atoms. The van der Waals surface area contributed by atoms with E-state index in [0.717, 1.165) is 17.4 Å². The number of nitrogens with one attached hydrogen (secondary N) is 2.